The number of rotatable bonds is 2. The first-order valence-corrected chi connectivity index (χ1v) is 6.27. The van der Waals surface area contributed by atoms with Crippen LogP contribution >= 0.6 is 0 Å². The van der Waals surface area contributed by atoms with Gasteiger partial charge in [0.2, 0.25) is 0 Å². The van der Waals surface area contributed by atoms with Crippen LogP contribution in [0.15, 0.2) is 0 Å². The standard InChI is InChI=1S/C13H25N/c1-13(2,3)7-8-14-9-11-5-4-6-12(11)10-14/h11-12H,4-10H2,1-3H3. The molecule has 0 aromatic heterocycles. The topological polar surface area (TPSA) is 3.24 Å². The Morgan fingerprint density at radius 3 is 2.14 bits per heavy atom. The van der Waals surface area contributed by atoms with Gasteiger partial charge in [-0.25, -0.2) is 0 Å². The Hall–Kier alpha value is -0.0400. The minimum Gasteiger partial charge on any atom is -0.303 e. The van der Waals surface area contributed by atoms with Crippen molar-refractivity contribution >= 4 is 0 Å². The van der Waals surface area contributed by atoms with E-state index in [-0.39, 0.29) is 0 Å². The van der Waals surface area contributed by atoms with Crippen LogP contribution in [0.1, 0.15) is 46.5 Å². The molecule has 1 heteroatoms. The van der Waals surface area contributed by atoms with Crippen molar-refractivity contribution in [3.63, 3.8) is 0 Å². The molecule has 0 aromatic carbocycles. The monoisotopic (exact) mass is 195 g/mol. The number of fused-ring (bicyclic) bond motifs is 1. The normalized spacial score (nSPS) is 33.6. The van der Waals surface area contributed by atoms with Crippen LogP contribution in [0, 0.1) is 17.3 Å². The molecule has 1 aliphatic carbocycles. The van der Waals surface area contributed by atoms with E-state index in [0.29, 0.717) is 5.41 Å². The molecule has 2 fully saturated rings. The summed E-state index contributed by atoms with van der Waals surface area (Å²) in [4.78, 5) is 2.71. The Kier molecular flexibility index (Phi) is 2.88. The van der Waals surface area contributed by atoms with Crippen molar-refractivity contribution in [3.05, 3.63) is 0 Å². The molecule has 0 amide bonds. The van der Waals surface area contributed by atoms with Crippen molar-refractivity contribution in [2.24, 2.45) is 17.3 Å². The highest BCUT2D eigenvalue weighted by molar-refractivity contribution is 4.88. The molecular formula is C13H25N. The zero-order chi connectivity index (χ0) is 10.2. The molecule has 1 nitrogen and oxygen atoms in total. The Morgan fingerprint density at radius 1 is 1.07 bits per heavy atom. The van der Waals surface area contributed by atoms with Gasteiger partial charge in [0.25, 0.3) is 0 Å². The first-order chi connectivity index (χ1) is 6.54. The van der Waals surface area contributed by atoms with Crippen molar-refractivity contribution < 1.29 is 0 Å². The molecule has 1 saturated heterocycles. The van der Waals surface area contributed by atoms with Gasteiger partial charge < -0.3 is 4.90 Å². The molecule has 1 aliphatic heterocycles. The highest BCUT2D eigenvalue weighted by Crippen LogP contribution is 2.38. The maximum Gasteiger partial charge on any atom is 0.00129 e. The van der Waals surface area contributed by atoms with Crippen molar-refractivity contribution in [3.8, 4) is 0 Å². The van der Waals surface area contributed by atoms with Gasteiger partial charge in [-0.1, -0.05) is 27.2 Å². The lowest BCUT2D eigenvalue weighted by Crippen LogP contribution is -2.26. The number of hydrogen-bond donors (Lipinski definition) is 0. The lowest BCUT2D eigenvalue weighted by Gasteiger charge is -2.23. The highest BCUT2D eigenvalue weighted by Gasteiger charge is 2.35. The van der Waals surface area contributed by atoms with Gasteiger partial charge in [0.15, 0.2) is 0 Å². The summed E-state index contributed by atoms with van der Waals surface area (Å²) in [5.74, 6) is 2.13. The van der Waals surface area contributed by atoms with Crippen LogP contribution in [0.4, 0.5) is 0 Å². The van der Waals surface area contributed by atoms with E-state index in [2.05, 4.69) is 25.7 Å². The molecule has 14 heavy (non-hydrogen) atoms. The van der Waals surface area contributed by atoms with Crippen LogP contribution in [0.5, 0.6) is 0 Å². The minimum atomic E-state index is 0.512. The van der Waals surface area contributed by atoms with E-state index in [1.54, 1.807) is 0 Å². The lowest BCUT2D eigenvalue weighted by molar-refractivity contribution is 0.251. The zero-order valence-electron chi connectivity index (χ0n) is 10.1. The van der Waals surface area contributed by atoms with E-state index in [1.165, 1.54) is 45.3 Å². The third-order valence-corrected chi connectivity index (χ3v) is 3.98. The van der Waals surface area contributed by atoms with Gasteiger partial charge in [-0.2, -0.15) is 0 Å². The Labute approximate surface area is 88.9 Å². The van der Waals surface area contributed by atoms with Crippen molar-refractivity contribution in [1.29, 1.82) is 0 Å². The summed E-state index contributed by atoms with van der Waals surface area (Å²) < 4.78 is 0. The van der Waals surface area contributed by atoms with Crippen LogP contribution in [-0.4, -0.2) is 24.5 Å². The maximum atomic E-state index is 2.71. The van der Waals surface area contributed by atoms with Gasteiger partial charge in [0, 0.05) is 13.1 Å². The van der Waals surface area contributed by atoms with Crippen LogP contribution < -0.4 is 0 Å². The second kappa shape index (κ2) is 3.84. The Morgan fingerprint density at radius 2 is 1.64 bits per heavy atom. The van der Waals surface area contributed by atoms with Crippen molar-refractivity contribution in [1.82, 2.24) is 4.90 Å². The van der Waals surface area contributed by atoms with Gasteiger partial charge in [-0.3, -0.25) is 0 Å². The molecule has 0 radical (unpaired) electrons. The average Bonchev–Trinajstić information content (AvgIpc) is 2.56. The second-order valence-corrected chi connectivity index (χ2v) is 6.52. The highest BCUT2D eigenvalue weighted by atomic mass is 15.2. The molecule has 0 N–H and O–H groups in total. The largest absolute Gasteiger partial charge is 0.303 e. The van der Waals surface area contributed by atoms with Crippen molar-refractivity contribution in [2.75, 3.05) is 19.6 Å². The fourth-order valence-corrected chi connectivity index (χ4v) is 3.01. The van der Waals surface area contributed by atoms with E-state index in [0.717, 1.165) is 11.8 Å². The summed E-state index contributed by atoms with van der Waals surface area (Å²) in [6.07, 6.45) is 5.88. The smallest absolute Gasteiger partial charge is 0.00129 e. The fourth-order valence-electron chi connectivity index (χ4n) is 3.01. The predicted octanol–water partition coefficient (Wildman–Crippen LogP) is 3.15. The number of hydrogen-bond acceptors (Lipinski definition) is 1. The number of likely N-dealkylation sites (tertiary alicyclic amines) is 1. The molecule has 1 saturated carbocycles. The van der Waals surface area contributed by atoms with E-state index in [9.17, 15) is 0 Å². The predicted molar refractivity (Wildman–Crippen MR) is 61.3 cm³/mol. The average molecular weight is 195 g/mol. The Balaban J connectivity index is 1.74. The molecule has 0 spiro atoms. The summed E-state index contributed by atoms with van der Waals surface area (Å²) in [7, 11) is 0. The van der Waals surface area contributed by atoms with Gasteiger partial charge in [0.05, 0.1) is 0 Å². The molecule has 82 valence electrons. The summed E-state index contributed by atoms with van der Waals surface area (Å²) in [5.41, 5.74) is 0.512. The van der Waals surface area contributed by atoms with Gasteiger partial charge in [0.1, 0.15) is 0 Å². The minimum absolute atomic E-state index is 0.512. The second-order valence-electron chi connectivity index (χ2n) is 6.52. The summed E-state index contributed by atoms with van der Waals surface area (Å²) in [5, 5.41) is 0. The molecule has 0 bridgehead atoms. The van der Waals surface area contributed by atoms with E-state index >= 15 is 0 Å². The number of nitrogens with zero attached hydrogens (tertiary/aromatic N) is 1. The first kappa shape index (κ1) is 10.5. The fraction of sp³-hybridized carbons (Fsp3) is 1.00. The molecule has 0 aromatic rings. The quantitative estimate of drug-likeness (QED) is 0.654. The summed E-state index contributed by atoms with van der Waals surface area (Å²) in [6, 6.07) is 0. The molecule has 2 atom stereocenters. The lowest BCUT2D eigenvalue weighted by atomic mass is 9.92. The molecular weight excluding hydrogens is 170 g/mol. The Bertz CT molecular complexity index is 180. The van der Waals surface area contributed by atoms with Crippen molar-refractivity contribution in [2.45, 2.75) is 46.5 Å². The van der Waals surface area contributed by atoms with Crippen LogP contribution in [0.3, 0.4) is 0 Å². The molecule has 2 unspecified atom stereocenters. The maximum absolute atomic E-state index is 2.71. The third-order valence-electron chi connectivity index (χ3n) is 3.98. The summed E-state index contributed by atoms with van der Waals surface area (Å²) in [6.45, 7) is 11.2. The van der Waals surface area contributed by atoms with E-state index in [1.807, 2.05) is 0 Å². The zero-order valence-corrected chi connectivity index (χ0v) is 10.1. The molecule has 2 aliphatic rings. The third kappa shape index (κ3) is 2.50. The molecule has 2 rings (SSSR count). The van der Waals surface area contributed by atoms with Crippen LogP contribution in [0.25, 0.3) is 0 Å². The summed E-state index contributed by atoms with van der Waals surface area (Å²) >= 11 is 0. The van der Waals surface area contributed by atoms with E-state index in [4.69, 9.17) is 0 Å². The van der Waals surface area contributed by atoms with Gasteiger partial charge >= 0.3 is 0 Å². The van der Waals surface area contributed by atoms with Gasteiger partial charge in [-0.05, 0) is 43.1 Å². The van der Waals surface area contributed by atoms with E-state index < -0.39 is 0 Å². The SMILES string of the molecule is CC(C)(C)CCN1CC2CCCC2C1. The molecule has 1 heterocycles. The van der Waals surface area contributed by atoms with Crippen LogP contribution in [-0.2, 0) is 0 Å². The first-order valence-electron chi connectivity index (χ1n) is 6.27. The van der Waals surface area contributed by atoms with Crippen LogP contribution in [0.2, 0.25) is 0 Å². The van der Waals surface area contributed by atoms with Gasteiger partial charge in [-0.15, -0.1) is 0 Å².